The first-order valence-corrected chi connectivity index (χ1v) is 12.2. The second kappa shape index (κ2) is 9.95. The van der Waals surface area contributed by atoms with Crippen molar-refractivity contribution in [1.82, 2.24) is 15.0 Å². The Hall–Kier alpha value is -3.17. The minimum atomic E-state index is -1.50. The number of hydrogen-bond acceptors (Lipinski definition) is 7. The number of hydrogen-bond donors (Lipinski definition) is 4. The first-order valence-electron chi connectivity index (χ1n) is 11.9. The number of aliphatic hydroxyl groups excluding tert-OH is 1. The smallest absolute Gasteiger partial charge is 0.159 e. The summed E-state index contributed by atoms with van der Waals surface area (Å²) >= 11 is 6.69. The van der Waals surface area contributed by atoms with Crippen LogP contribution in [-0.2, 0) is 11.2 Å². The average molecular weight is 525 g/mol. The van der Waals surface area contributed by atoms with Gasteiger partial charge in [-0.2, -0.15) is 0 Å². The lowest BCUT2D eigenvalue weighted by molar-refractivity contribution is -0.00240. The number of nitrogens with zero attached hydrogens (tertiary/aromatic N) is 3. The highest BCUT2D eigenvalue weighted by molar-refractivity contribution is 6.35. The quantitative estimate of drug-likeness (QED) is 0.256. The molecular formula is C28H30ClFN4O3. The van der Waals surface area contributed by atoms with Gasteiger partial charge in [0.15, 0.2) is 5.82 Å². The zero-order chi connectivity index (χ0) is 27.1. The Morgan fingerprint density at radius 2 is 1.70 bits per heavy atom. The predicted octanol–water partition coefficient (Wildman–Crippen LogP) is 5.39. The van der Waals surface area contributed by atoms with E-state index in [1.165, 1.54) is 19.1 Å². The Morgan fingerprint density at radius 3 is 2.32 bits per heavy atom. The number of halogens is 2. The molecule has 0 bridgehead atoms. The molecule has 2 aromatic carbocycles. The number of nitrogens with one attached hydrogen (secondary N) is 1. The number of rotatable bonds is 7. The van der Waals surface area contributed by atoms with Crippen LogP contribution in [-0.4, -0.2) is 36.9 Å². The molecule has 194 valence electrons. The number of anilines is 1. The van der Waals surface area contributed by atoms with E-state index in [4.69, 9.17) is 11.6 Å². The molecule has 2 aromatic heterocycles. The van der Waals surface area contributed by atoms with Crippen LogP contribution in [0.5, 0.6) is 0 Å². The fourth-order valence-corrected chi connectivity index (χ4v) is 4.27. The largest absolute Gasteiger partial charge is 0.393 e. The third-order valence-electron chi connectivity index (χ3n) is 6.38. The molecule has 9 heteroatoms. The van der Waals surface area contributed by atoms with E-state index in [0.29, 0.717) is 38.9 Å². The molecular weight excluding hydrogens is 495 g/mol. The molecule has 0 saturated heterocycles. The molecule has 0 aliphatic rings. The van der Waals surface area contributed by atoms with Crippen molar-refractivity contribution in [3.05, 3.63) is 82.3 Å². The first kappa shape index (κ1) is 26.9. The highest BCUT2D eigenvalue weighted by Crippen LogP contribution is 2.37. The summed E-state index contributed by atoms with van der Waals surface area (Å²) in [5.41, 5.74) is 1.54. The van der Waals surface area contributed by atoms with E-state index in [9.17, 15) is 19.7 Å². The number of aromatic nitrogens is 3. The van der Waals surface area contributed by atoms with Crippen LogP contribution in [0, 0.1) is 12.7 Å². The Bertz CT molecular complexity index is 1450. The van der Waals surface area contributed by atoms with Gasteiger partial charge in [-0.05, 0) is 70.0 Å². The average Bonchev–Trinajstić information content (AvgIpc) is 2.86. The van der Waals surface area contributed by atoms with Crippen molar-refractivity contribution in [1.29, 1.82) is 0 Å². The van der Waals surface area contributed by atoms with Crippen molar-refractivity contribution in [3.63, 3.8) is 0 Å². The lowest BCUT2D eigenvalue weighted by Gasteiger charge is -2.24. The lowest BCUT2D eigenvalue weighted by atomic mass is 9.93. The summed E-state index contributed by atoms with van der Waals surface area (Å²) in [5, 5.41) is 34.6. The van der Waals surface area contributed by atoms with Crippen LogP contribution >= 0.6 is 11.6 Å². The molecule has 0 fully saturated rings. The normalized spacial score (nSPS) is 14.4. The number of aliphatic hydroxyl groups is 3. The molecule has 7 nitrogen and oxygen atoms in total. The van der Waals surface area contributed by atoms with E-state index in [0.717, 1.165) is 16.5 Å². The van der Waals surface area contributed by atoms with Gasteiger partial charge in [0.25, 0.3) is 0 Å². The zero-order valence-electron chi connectivity index (χ0n) is 21.3. The van der Waals surface area contributed by atoms with Gasteiger partial charge in [0, 0.05) is 28.9 Å². The Labute approximate surface area is 220 Å². The zero-order valence-corrected chi connectivity index (χ0v) is 22.1. The van der Waals surface area contributed by atoms with Gasteiger partial charge in [-0.15, -0.1) is 0 Å². The van der Waals surface area contributed by atoms with E-state index in [-0.39, 0.29) is 0 Å². The van der Waals surface area contributed by atoms with Crippen LogP contribution in [0.3, 0.4) is 0 Å². The maximum Gasteiger partial charge on any atom is 0.159 e. The van der Waals surface area contributed by atoms with Crippen LogP contribution in [0.1, 0.15) is 56.4 Å². The van der Waals surface area contributed by atoms with Gasteiger partial charge in [0.05, 0.1) is 34.6 Å². The molecule has 37 heavy (non-hydrogen) atoms. The molecule has 2 unspecified atom stereocenters. The summed E-state index contributed by atoms with van der Waals surface area (Å²) < 4.78 is 14.8. The van der Waals surface area contributed by atoms with Gasteiger partial charge in [0.2, 0.25) is 0 Å². The summed E-state index contributed by atoms with van der Waals surface area (Å²) in [6.45, 7) is 7.81. The van der Waals surface area contributed by atoms with E-state index < -0.39 is 29.7 Å². The van der Waals surface area contributed by atoms with Gasteiger partial charge in [-0.1, -0.05) is 23.7 Å². The number of pyridine rings is 1. The van der Waals surface area contributed by atoms with Crippen molar-refractivity contribution in [2.45, 2.75) is 51.9 Å². The molecule has 0 aliphatic carbocycles. The Kier molecular flexibility index (Phi) is 7.23. The van der Waals surface area contributed by atoms with Crippen LogP contribution in [0.2, 0.25) is 5.02 Å². The molecule has 0 spiro atoms. The predicted molar refractivity (Wildman–Crippen MR) is 143 cm³/mol. The molecule has 0 amide bonds. The van der Waals surface area contributed by atoms with Gasteiger partial charge in [-0.3, -0.25) is 4.98 Å². The Morgan fingerprint density at radius 1 is 1.03 bits per heavy atom. The van der Waals surface area contributed by atoms with Crippen molar-refractivity contribution in [3.8, 4) is 11.1 Å². The van der Waals surface area contributed by atoms with Crippen molar-refractivity contribution in [2.24, 2.45) is 0 Å². The highest BCUT2D eigenvalue weighted by Gasteiger charge is 2.25. The molecule has 4 aromatic rings. The van der Waals surface area contributed by atoms with Crippen LogP contribution in [0.15, 0.2) is 48.8 Å². The van der Waals surface area contributed by atoms with Gasteiger partial charge >= 0.3 is 0 Å². The van der Waals surface area contributed by atoms with E-state index in [1.807, 2.05) is 18.2 Å². The minimum absolute atomic E-state index is 0.316. The lowest BCUT2D eigenvalue weighted by Crippen LogP contribution is -2.26. The topological polar surface area (TPSA) is 111 Å². The maximum absolute atomic E-state index is 14.8. The second-order valence-electron chi connectivity index (χ2n) is 10.0. The van der Waals surface area contributed by atoms with E-state index in [2.05, 4.69) is 20.3 Å². The van der Waals surface area contributed by atoms with E-state index >= 15 is 0 Å². The minimum Gasteiger partial charge on any atom is -0.393 e. The molecule has 2 heterocycles. The molecule has 0 radical (unpaired) electrons. The molecule has 0 saturated carbocycles. The monoisotopic (exact) mass is 524 g/mol. The molecule has 4 rings (SSSR count). The summed E-state index contributed by atoms with van der Waals surface area (Å²) in [6, 6.07) is 9.42. The summed E-state index contributed by atoms with van der Waals surface area (Å²) in [7, 11) is 0. The van der Waals surface area contributed by atoms with Gasteiger partial charge in [-0.25, -0.2) is 14.4 Å². The van der Waals surface area contributed by atoms with Crippen LogP contribution < -0.4 is 5.32 Å². The SMILES string of the molecule is Cc1nc2ccc(-c3cnc(C(C)(C)O)nc3)cc2c(NC(C)c2cc(C(C)(O)CO)ccc2F)c1Cl. The molecule has 4 N–H and O–H groups in total. The maximum atomic E-state index is 14.8. The third kappa shape index (κ3) is 5.43. The van der Waals surface area contributed by atoms with Crippen LogP contribution in [0.25, 0.3) is 22.0 Å². The summed E-state index contributed by atoms with van der Waals surface area (Å²) in [6.07, 6.45) is 3.29. The van der Waals surface area contributed by atoms with Gasteiger partial charge < -0.3 is 20.6 Å². The first-order chi connectivity index (χ1) is 17.3. The Balaban J connectivity index is 1.77. The molecule has 2 atom stereocenters. The summed E-state index contributed by atoms with van der Waals surface area (Å²) in [5.74, 6) is -0.133. The number of aryl methyl sites for hydroxylation is 1. The standard InChI is InChI=1S/C28H30ClFN4O3/c1-15(20-11-19(7-8-22(20)30)28(5,37)14-35)34-25-21-10-17(6-9-23(21)33-16(2)24(25)29)18-12-31-26(32-13-18)27(3,4)36/h6-13,15,35-37H,14H2,1-5H3,(H,33,34). The highest BCUT2D eigenvalue weighted by atomic mass is 35.5. The van der Waals surface area contributed by atoms with Crippen molar-refractivity contribution >= 4 is 28.2 Å². The fourth-order valence-electron chi connectivity index (χ4n) is 4.07. The molecule has 0 aliphatic heterocycles. The number of fused-ring (bicyclic) bond motifs is 1. The van der Waals surface area contributed by atoms with Gasteiger partial charge in [0.1, 0.15) is 17.0 Å². The third-order valence-corrected chi connectivity index (χ3v) is 6.84. The fraction of sp³-hybridized carbons (Fsp3) is 0.321. The second-order valence-corrected chi connectivity index (χ2v) is 10.4. The number of benzene rings is 2. The van der Waals surface area contributed by atoms with E-state index in [1.54, 1.807) is 46.2 Å². The van der Waals surface area contributed by atoms with Crippen molar-refractivity contribution in [2.75, 3.05) is 11.9 Å². The van der Waals surface area contributed by atoms with Crippen LogP contribution in [0.4, 0.5) is 10.1 Å². The summed E-state index contributed by atoms with van der Waals surface area (Å²) in [4.78, 5) is 13.2. The van der Waals surface area contributed by atoms with Crippen molar-refractivity contribution < 1.29 is 19.7 Å².